The third-order valence-electron chi connectivity index (χ3n) is 3.91. The largest absolute Gasteiger partial charge is 0.392 e. The summed E-state index contributed by atoms with van der Waals surface area (Å²) in [6.07, 6.45) is 2.59. The van der Waals surface area contributed by atoms with Crippen LogP contribution >= 0.6 is 23.2 Å². The van der Waals surface area contributed by atoms with Crippen LogP contribution in [0.5, 0.6) is 0 Å². The molecule has 2 N–H and O–H groups in total. The van der Waals surface area contributed by atoms with Crippen molar-refractivity contribution in [3.05, 3.63) is 33.8 Å². The first-order chi connectivity index (χ1) is 9.53. The van der Waals surface area contributed by atoms with Gasteiger partial charge in [0, 0.05) is 22.6 Å². The first-order valence-electron chi connectivity index (χ1n) is 7.39. The monoisotopic (exact) mass is 317 g/mol. The van der Waals surface area contributed by atoms with E-state index < -0.39 is 0 Å². The Morgan fingerprint density at radius 2 is 1.75 bits per heavy atom. The van der Waals surface area contributed by atoms with Crippen LogP contribution < -0.4 is 5.32 Å². The number of nitrogens with one attached hydrogen (secondary N) is 1. The van der Waals surface area contributed by atoms with Crippen molar-refractivity contribution in [1.82, 2.24) is 5.32 Å². The molecule has 0 spiro atoms. The maximum Gasteiger partial charge on any atom is 0.0692 e. The number of aliphatic hydroxyl groups excluding tert-OH is 1. The first kappa shape index (κ1) is 17.8. The highest BCUT2D eigenvalue weighted by atomic mass is 35.5. The Labute approximate surface area is 132 Å². The standard InChI is InChI=1S/C16H25Cl2NO/c1-4-11(5-2)16(20)10-19-15(6-3)13-8-7-12(17)9-14(13)18/h7-9,11,15-16,19-20H,4-6,10H2,1-3H3. The van der Waals surface area contributed by atoms with Gasteiger partial charge in [-0.2, -0.15) is 0 Å². The van der Waals surface area contributed by atoms with E-state index in [-0.39, 0.29) is 12.1 Å². The third kappa shape index (κ3) is 4.92. The zero-order chi connectivity index (χ0) is 15.1. The predicted octanol–water partition coefficient (Wildman–Crippen LogP) is 4.83. The van der Waals surface area contributed by atoms with Gasteiger partial charge in [0.25, 0.3) is 0 Å². The van der Waals surface area contributed by atoms with Crippen LogP contribution in [-0.2, 0) is 0 Å². The number of rotatable bonds is 8. The number of hydrogen-bond acceptors (Lipinski definition) is 2. The van der Waals surface area contributed by atoms with Crippen LogP contribution in [0.15, 0.2) is 18.2 Å². The highest BCUT2D eigenvalue weighted by Crippen LogP contribution is 2.28. The molecule has 2 nitrogen and oxygen atoms in total. The fourth-order valence-corrected chi connectivity index (χ4v) is 3.06. The highest BCUT2D eigenvalue weighted by Gasteiger charge is 2.18. The van der Waals surface area contributed by atoms with Crippen LogP contribution in [0.25, 0.3) is 0 Å². The Morgan fingerprint density at radius 1 is 1.10 bits per heavy atom. The summed E-state index contributed by atoms with van der Waals surface area (Å²) in [5.74, 6) is 0.348. The molecule has 4 heteroatoms. The van der Waals surface area contributed by atoms with E-state index >= 15 is 0 Å². The molecule has 20 heavy (non-hydrogen) atoms. The fraction of sp³-hybridized carbons (Fsp3) is 0.625. The Bertz CT molecular complexity index is 407. The minimum atomic E-state index is -0.315. The molecule has 2 atom stereocenters. The van der Waals surface area contributed by atoms with E-state index in [4.69, 9.17) is 23.2 Å². The van der Waals surface area contributed by atoms with Gasteiger partial charge >= 0.3 is 0 Å². The summed E-state index contributed by atoms with van der Waals surface area (Å²) in [6.45, 7) is 6.92. The van der Waals surface area contributed by atoms with Crippen molar-refractivity contribution in [1.29, 1.82) is 0 Å². The summed E-state index contributed by atoms with van der Waals surface area (Å²) in [7, 11) is 0. The molecule has 0 aliphatic rings. The van der Waals surface area contributed by atoms with Crippen LogP contribution in [0.1, 0.15) is 51.6 Å². The molecule has 1 aromatic carbocycles. The molecular formula is C16H25Cl2NO. The average Bonchev–Trinajstić information content (AvgIpc) is 2.42. The lowest BCUT2D eigenvalue weighted by atomic mass is 9.96. The molecular weight excluding hydrogens is 293 g/mol. The van der Waals surface area contributed by atoms with Crippen LogP contribution in [-0.4, -0.2) is 17.8 Å². The fourth-order valence-electron chi connectivity index (χ4n) is 2.52. The lowest BCUT2D eigenvalue weighted by Crippen LogP contribution is -2.34. The summed E-state index contributed by atoms with van der Waals surface area (Å²) in [5, 5.41) is 14.9. The Kier molecular flexibility index (Phi) is 7.90. The number of benzene rings is 1. The van der Waals surface area contributed by atoms with E-state index in [1.807, 2.05) is 12.1 Å². The van der Waals surface area contributed by atoms with Gasteiger partial charge in [0.05, 0.1) is 6.10 Å². The van der Waals surface area contributed by atoms with Gasteiger partial charge in [-0.15, -0.1) is 0 Å². The second kappa shape index (κ2) is 8.89. The van der Waals surface area contributed by atoms with Gasteiger partial charge in [-0.1, -0.05) is 62.9 Å². The van der Waals surface area contributed by atoms with Crippen molar-refractivity contribution in [2.24, 2.45) is 5.92 Å². The van der Waals surface area contributed by atoms with E-state index in [9.17, 15) is 5.11 Å². The molecule has 0 aromatic heterocycles. The lowest BCUT2D eigenvalue weighted by molar-refractivity contribution is 0.0981. The molecule has 1 aromatic rings. The molecule has 1 rings (SSSR count). The number of aliphatic hydroxyl groups is 1. The van der Waals surface area contributed by atoms with Crippen molar-refractivity contribution in [3.63, 3.8) is 0 Å². The minimum Gasteiger partial charge on any atom is -0.392 e. The van der Waals surface area contributed by atoms with Crippen molar-refractivity contribution in [2.75, 3.05) is 6.54 Å². The number of halogens is 2. The molecule has 0 saturated carbocycles. The van der Waals surface area contributed by atoms with Crippen LogP contribution in [0, 0.1) is 5.92 Å². The smallest absolute Gasteiger partial charge is 0.0692 e. The van der Waals surface area contributed by atoms with Gasteiger partial charge < -0.3 is 10.4 Å². The zero-order valence-corrected chi connectivity index (χ0v) is 14.0. The van der Waals surface area contributed by atoms with E-state index in [0.29, 0.717) is 22.5 Å². The summed E-state index contributed by atoms with van der Waals surface area (Å²) in [5.41, 5.74) is 1.04. The minimum absolute atomic E-state index is 0.142. The summed E-state index contributed by atoms with van der Waals surface area (Å²) < 4.78 is 0. The molecule has 0 heterocycles. The number of hydrogen-bond donors (Lipinski definition) is 2. The molecule has 0 saturated heterocycles. The van der Waals surface area contributed by atoms with E-state index in [1.165, 1.54) is 0 Å². The summed E-state index contributed by atoms with van der Waals surface area (Å²) in [6, 6.07) is 5.71. The van der Waals surface area contributed by atoms with Gasteiger partial charge in [0.15, 0.2) is 0 Å². The van der Waals surface area contributed by atoms with E-state index in [1.54, 1.807) is 6.07 Å². The maximum absolute atomic E-state index is 10.2. The van der Waals surface area contributed by atoms with E-state index in [2.05, 4.69) is 26.1 Å². The second-order valence-corrected chi connectivity index (χ2v) is 6.02. The molecule has 0 aliphatic carbocycles. The molecule has 0 bridgehead atoms. The summed E-state index contributed by atoms with van der Waals surface area (Å²) >= 11 is 12.2. The van der Waals surface area contributed by atoms with Crippen molar-refractivity contribution in [3.8, 4) is 0 Å². The quantitative estimate of drug-likeness (QED) is 0.719. The first-order valence-corrected chi connectivity index (χ1v) is 8.15. The SMILES string of the molecule is CCC(NCC(O)C(CC)CC)c1ccc(Cl)cc1Cl. The molecule has 114 valence electrons. The van der Waals surface area contributed by atoms with Gasteiger partial charge in [-0.3, -0.25) is 0 Å². The zero-order valence-electron chi connectivity index (χ0n) is 12.5. The maximum atomic E-state index is 10.2. The van der Waals surface area contributed by atoms with Gasteiger partial charge in [0.2, 0.25) is 0 Å². The normalized spacial score (nSPS) is 14.6. The Hall–Kier alpha value is -0.280. The van der Waals surface area contributed by atoms with Crippen molar-refractivity contribution in [2.45, 2.75) is 52.2 Å². The van der Waals surface area contributed by atoms with Gasteiger partial charge in [0.1, 0.15) is 0 Å². The van der Waals surface area contributed by atoms with Crippen LogP contribution in [0.2, 0.25) is 10.0 Å². The third-order valence-corrected chi connectivity index (χ3v) is 4.47. The molecule has 0 amide bonds. The van der Waals surface area contributed by atoms with Gasteiger partial charge in [-0.05, 0) is 30.0 Å². The summed E-state index contributed by atoms with van der Waals surface area (Å²) in [4.78, 5) is 0. The van der Waals surface area contributed by atoms with Crippen molar-refractivity contribution >= 4 is 23.2 Å². The van der Waals surface area contributed by atoms with Gasteiger partial charge in [-0.25, -0.2) is 0 Å². The molecule has 0 radical (unpaired) electrons. The van der Waals surface area contributed by atoms with Crippen molar-refractivity contribution < 1.29 is 5.11 Å². The van der Waals surface area contributed by atoms with Crippen LogP contribution in [0.4, 0.5) is 0 Å². The second-order valence-electron chi connectivity index (χ2n) is 5.18. The van der Waals surface area contributed by atoms with Crippen LogP contribution in [0.3, 0.4) is 0 Å². The molecule has 0 fully saturated rings. The predicted molar refractivity (Wildman–Crippen MR) is 87.6 cm³/mol. The topological polar surface area (TPSA) is 32.3 Å². The Balaban J connectivity index is 2.68. The molecule has 0 aliphatic heterocycles. The lowest BCUT2D eigenvalue weighted by Gasteiger charge is -2.24. The van der Waals surface area contributed by atoms with E-state index in [0.717, 1.165) is 24.8 Å². The molecule has 2 unspecified atom stereocenters. The highest BCUT2D eigenvalue weighted by molar-refractivity contribution is 6.35. The Morgan fingerprint density at radius 3 is 2.25 bits per heavy atom. The average molecular weight is 318 g/mol.